The number of carbonyl (C=O) groups is 2. The molecule has 1 fully saturated rings. The quantitative estimate of drug-likeness (QED) is 0.680. The summed E-state index contributed by atoms with van der Waals surface area (Å²) in [6, 6.07) is 0. The molecule has 86 valence electrons. The number of carboxylic acids is 1. The van der Waals surface area contributed by atoms with Gasteiger partial charge in [-0.25, -0.2) is 0 Å². The molecule has 1 heterocycles. The van der Waals surface area contributed by atoms with Gasteiger partial charge in [0.15, 0.2) is 0 Å². The van der Waals surface area contributed by atoms with Crippen LogP contribution in [0.2, 0.25) is 0 Å². The number of hydrogen-bond donors (Lipinski definition) is 2. The first-order chi connectivity index (χ1) is 6.82. The summed E-state index contributed by atoms with van der Waals surface area (Å²) in [6.45, 7) is 4.18. The minimum atomic E-state index is -0.916. The molecule has 0 saturated carbocycles. The summed E-state index contributed by atoms with van der Waals surface area (Å²) >= 11 is 0. The third kappa shape index (κ3) is 2.92. The number of hydrogen-bond acceptors (Lipinski definition) is 3. The van der Waals surface area contributed by atoms with E-state index in [0.717, 1.165) is 6.42 Å². The van der Waals surface area contributed by atoms with Crippen LogP contribution < -0.4 is 5.73 Å². The Morgan fingerprint density at radius 1 is 1.47 bits per heavy atom. The predicted octanol–water partition coefficient (Wildman–Crippen LogP) is 0.0469. The molecule has 1 saturated heterocycles. The Morgan fingerprint density at radius 3 is 2.53 bits per heavy atom. The number of aliphatic carboxylic acids is 1. The summed E-state index contributed by atoms with van der Waals surface area (Å²) in [5.41, 5.74) is 4.78. The van der Waals surface area contributed by atoms with E-state index in [1.165, 1.54) is 0 Å². The molecule has 5 heteroatoms. The van der Waals surface area contributed by atoms with Gasteiger partial charge >= 0.3 is 5.97 Å². The van der Waals surface area contributed by atoms with Crippen molar-refractivity contribution in [3.63, 3.8) is 0 Å². The van der Waals surface area contributed by atoms with Crippen LogP contribution in [0.25, 0.3) is 0 Å². The fourth-order valence-electron chi connectivity index (χ4n) is 1.77. The van der Waals surface area contributed by atoms with Crippen LogP contribution in [0, 0.1) is 5.92 Å². The lowest BCUT2D eigenvalue weighted by Crippen LogP contribution is -2.54. The first kappa shape index (κ1) is 12.0. The van der Waals surface area contributed by atoms with Crippen LogP contribution in [0.5, 0.6) is 0 Å². The van der Waals surface area contributed by atoms with E-state index < -0.39 is 17.4 Å². The number of piperidine rings is 1. The van der Waals surface area contributed by atoms with Crippen LogP contribution in [0.4, 0.5) is 0 Å². The number of carboxylic acid groups (broad SMARTS) is 1. The van der Waals surface area contributed by atoms with E-state index in [9.17, 15) is 9.59 Å². The van der Waals surface area contributed by atoms with Crippen LogP contribution in [0.15, 0.2) is 0 Å². The van der Waals surface area contributed by atoms with Gasteiger partial charge in [0.25, 0.3) is 0 Å². The van der Waals surface area contributed by atoms with Crippen molar-refractivity contribution in [1.29, 1.82) is 0 Å². The molecule has 0 aliphatic carbocycles. The first-order valence-corrected chi connectivity index (χ1v) is 5.13. The van der Waals surface area contributed by atoms with Crippen LogP contribution in [0.3, 0.4) is 0 Å². The van der Waals surface area contributed by atoms with E-state index in [1.54, 1.807) is 18.7 Å². The Balaban J connectivity index is 2.64. The second-order valence-electron chi connectivity index (χ2n) is 4.65. The summed E-state index contributed by atoms with van der Waals surface area (Å²) in [5.74, 6) is -1.44. The van der Waals surface area contributed by atoms with Crippen molar-refractivity contribution in [3.8, 4) is 0 Å². The van der Waals surface area contributed by atoms with E-state index in [2.05, 4.69) is 0 Å². The van der Waals surface area contributed by atoms with Crippen molar-refractivity contribution in [1.82, 2.24) is 4.90 Å². The van der Waals surface area contributed by atoms with E-state index in [0.29, 0.717) is 13.0 Å². The standard InChI is InChI=1S/C10H18N2O3/c1-10(2,11)9(15)12-5-3-4-7(6-12)8(13)14/h7H,3-6,11H2,1-2H3,(H,13,14)/t7-/m1/s1. The van der Waals surface area contributed by atoms with Crippen molar-refractivity contribution in [2.75, 3.05) is 13.1 Å². The molecule has 3 N–H and O–H groups in total. The van der Waals surface area contributed by atoms with Crippen molar-refractivity contribution in [3.05, 3.63) is 0 Å². The maximum absolute atomic E-state index is 11.8. The maximum Gasteiger partial charge on any atom is 0.308 e. The van der Waals surface area contributed by atoms with Gasteiger partial charge in [-0.15, -0.1) is 0 Å². The van der Waals surface area contributed by atoms with E-state index in [1.807, 2.05) is 0 Å². The first-order valence-electron chi connectivity index (χ1n) is 5.13. The van der Waals surface area contributed by atoms with Gasteiger partial charge in [-0.2, -0.15) is 0 Å². The summed E-state index contributed by atoms with van der Waals surface area (Å²) in [5, 5.41) is 8.87. The second kappa shape index (κ2) is 4.18. The lowest BCUT2D eigenvalue weighted by molar-refractivity contribution is -0.147. The topological polar surface area (TPSA) is 83.6 Å². The normalized spacial score (nSPS) is 22.6. The molecular weight excluding hydrogens is 196 g/mol. The zero-order valence-electron chi connectivity index (χ0n) is 9.19. The van der Waals surface area contributed by atoms with Crippen molar-refractivity contribution < 1.29 is 14.7 Å². The fourth-order valence-corrected chi connectivity index (χ4v) is 1.77. The Bertz CT molecular complexity index is 270. The van der Waals surface area contributed by atoms with Gasteiger partial charge in [-0.1, -0.05) is 0 Å². The van der Waals surface area contributed by atoms with Gasteiger partial charge in [-0.05, 0) is 26.7 Å². The van der Waals surface area contributed by atoms with E-state index >= 15 is 0 Å². The average Bonchev–Trinajstić information content (AvgIpc) is 2.15. The molecule has 15 heavy (non-hydrogen) atoms. The smallest absolute Gasteiger partial charge is 0.308 e. The Labute approximate surface area is 89.2 Å². The van der Waals surface area contributed by atoms with Gasteiger partial charge < -0.3 is 15.7 Å². The largest absolute Gasteiger partial charge is 0.481 e. The highest BCUT2D eigenvalue weighted by atomic mass is 16.4. The molecule has 0 aromatic carbocycles. The van der Waals surface area contributed by atoms with Crippen molar-refractivity contribution in [2.45, 2.75) is 32.2 Å². The molecule has 0 unspecified atom stereocenters. The average molecular weight is 214 g/mol. The van der Waals surface area contributed by atoms with Gasteiger partial charge in [0.1, 0.15) is 0 Å². The van der Waals surface area contributed by atoms with Crippen LogP contribution in [-0.4, -0.2) is 40.5 Å². The SMILES string of the molecule is CC(C)(N)C(=O)N1CCC[C@@H](C(=O)O)C1. The van der Waals surface area contributed by atoms with Gasteiger partial charge in [0.2, 0.25) is 5.91 Å². The van der Waals surface area contributed by atoms with Crippen LogP contribution in [0.1, 0.15) is 26.7 Å². The zero-order valence-corrected chi connectivity index (χ0v) is 9.19. The number of carbonyl (C=O) groups excluding carboxylic acids is 1. The molecule has 1 rings (SSSR count). The molecule has 5 nitrogen and oxygen atoms in total. The minimum Gasteiger partial charge on any atom is -0.481 e. The Hall–Kier alpha value is -1.10. The number of nitrogens with zero attached hydrogens (tertiary/aromatic N) is 1. The molecular formula is C10H18N2O3. The maximum atomic E-state index is 11.8. The molecule has 1 aliphatic heterocycles. The number of amides is 1. The molecule has 0 bridgehead atoms. The van der Waals surface area contributed by atoms with Crippen molar-refractivity contribution >= 4 is 11.9 Å². The highest BCUT2D eigenvalue weighted by Gasteiger charge is 2.33. The summed E-state index contributed by atoms with van der Waals surface area (Å²) in [4.78, 5) is 24.2. The molecule has 1 atom stereocenters. The molecule has 1 aliphatic rings. The molecule has 0 spiro atoms. The minimum absolute atomic E-state index is 0.173. The number of likely N-dealkylation sites (tertiary alicyclic amines) is 1. The lowest BCUT2D eigenvalue weighted by Gasteiger charge is -2.34. The van der Waals surface area contributed by atoms with Crippen molar-refractivity contribution in [2.24, 2.45) is 11.7 Å². The molecule has 0 aromatic heterocycles. The van der Waals surface area contributed by atoms with Crippen LogP contribution >= 0.6 is 0 Å². The number of rotatable bonds is 2. The van der Waals surface area contributed by atoms with Crippen LogP contribution in [-0.2, 0) is 9.59 Å². The highest BCUT2D eigenvalue weighted by Crippen LogP contribution is 2.18. The lowest BCUT2D eigenvalue weighted by atomic mass is 9.96. The monoisotopic (exact) mass is 214 g/mol. The molecule has 0 radical (unpaired) electrons. The Kier molecular flexibility index (Phi) is 3.34. The highest BCUT2D eigenvalue weighted by molar-refractivity contribution is 5.85. The zero-order chi connectivity index (χ0) is 11.6. The summed E-state index contributed by atoms with van der Waals surface area (Å²) < 4.78 is 0. The van der Waals surface area contributed by atoms with E-state index in [4.69, 9.17) is 10.8 Å². The Morgan fingerprint density at radius 2 is 2.07 bits per heavy atom. The summed E-state index contributed by atoms with van der Waals surface area (Å²) in [6.07, 6.45) is 1.38. The molecule has 1 amide bonds. The van der Waals surface area contributed by atoms with Gasteiger partial charge in [0, 0.05) is 13.1 Å². The summed E-state index contributed by atoms with van der Waals surface area (Å²) in [7, 11) is 0. The van der Waals surface area contributed by atoms with Gasteiger partial charge in [-0.3, -0.25) is 9.59 Å². The number of nitrogens with two attached hydrogens (primary N) is 1. The third-order valence-electron chi connectivity index (χ3n) is 2.61. The van der Waals surface area contributed by atoms with Gasteiger partial charge in [0.05, 0.1) is 11.5 Å². The third-order valence-corrected chi connectivity index (χ3v) is 2.61. The molecule has 0 aromatic rings. The second-order valence-corrected chi connectivity index (χ2v) is 4.65. The van der Waals surface area contributed by atoms with E-state index in [-0.39, 0.29) is 12.5 Å². The predicted molar refractivity (Wildman–Crippen MR) is 55.2 cm³/mol. The fraction of sp³-hybridized carbons (Fsp3) is 0.800.